The zero-order valence-electron chi connectivity index (χ0n) is 13.6. The maximum atomic E-state index is 11.1. The number of thiocarbonyl (C=S) groups is 1. The number of anilines is 1. The number of para-hydroxylation sites is 1. The molecule has 0 amide bonds. The molecular weight excluding hydrogens is 292 g/mol. The summed E-state index contributed by atoms with van der Waals surface area (Å²) in [5, 5.41) is 3.39. The van der Waals surface area contributed by atoms with Crippen LogP contribution in [0.1, 0.15) is 49.9 Å². The number of carbonyl (C=O) groups is 1. The predicted molar refractivity (Wildman–Crippen MR) is 96.7 cm³/mol. The normalized spacial score (nSPS) is 16.0. The molecule has 0 radical (unpaired) electrons. The van der Waals surface area contributed by atoms with Gasteiger partial charge in [0.25, 0.3) is 0 Å². The van der Waals surface area contributed by atoms with Gasteiger partial charge < -0.3 is 10.2 Å². The lowest BCUT2D eigenvalue weighted by molar-refractivity contribution is 0.112. The molecule has 0 spiro atoms. The molecule has 1 saturated heterocycles. The van der Waals surface area contributed by atoms with E-state index in [0.717, 1.165) is 36.6 Å². The van der Waals surface area contributed by atoms with Crippen LogP contribution in [0.2, 0.25) is 0 Å². The molecule has 0 aromatic heterocycles. The number of nitrogens with one attached hydrogen (secondary N) is 1. The van der Waals surface area contributed by atoms with Crippen molar-refractivity contribution in [1.82, 2.24) is 4.90 Å². The molecule has 3 nitrogen and oxygen atoms in total. The minimum atomic E-state index is -0.115. The standard InChI is InChI=1S/C18H26N2OS/c1-18(2,17(22)20-11-7-3-4-8-12-20)14-19-16-10-6-5-9-15(16)13-21/h5-6,9-10,13,19H,3-4,7-8,11-12,14H2,1-2H3. The molecular formula is C18H26N2OS. The topological polar surface area (TPSA) is 32.3 Å². The Labute approximate surface area is 139 Å². The van der Waals surface area contributed by atoms with Crippen molar-refractivity contribution in [2.24, 2.45) is 5.41 Å². The molecule has 2 rings (SSSR count). The van der Waals surface area contributed by atoms with E-state index in [9.17, 15) is 4.79 Å². The van der Waals surface area contributed by atoms with E-state index >= 15 is 0 Å². The van der Waals surface area contributed by atoms with Crippen LogP contribution in [-0.2, 0) is 0 Å². The Balaban J connectivity index is 2.00. The first-order chi connectivity index (χ1) is 10.5. The van der Waals surface area contributed by atoms with Crippen LogP contribution in [0.3, 0.4) is 0 Å². The lowest BCUT2D eigenvalue weighted by atomic mass is 9.92. The van der Waals surface area contributed by atoms with Crippen molar-refractivity contribution < 1.29 is 4.79 Å². The fraction of sp³-hybridized carbons (Fsp3) is 0.556. The second-order valence-electron chi connectivity index (χ2n) is 6.65. The van der Waals surface area contributed by atoms with Crippen LogP contribution in [-0.4, -0.2) is 35.8 Å². The molecule has 1 aromatic rings. The van der Waals surface area contributed by atoms with Crippen molar-refractivity contribution in [2.45, 2.75) is 39.5 Å². The SMILES string of the molecule is CC(C)(CNc1ccccc1C=O)C(=S)N1CCCCCC1. The fourth-order valence-corrected chi connectivity index (χ4v) is 3.11. The van der Waals surface area contributed by atoms with Gasteiger partial charge in [-0.05, 0) is 25.0 Å². The van der Waals surface area contributed by atoms with Gasteiger partial charge in [-0.1, -0.05) is 51.0 Å². The van der Waals surface area contributed by atoms with Crippen LogP contribution in [0.5, 0.6) is 0 Å². The molecule has 120 valence electrons. The van der Waals surface area contributed by atoms with Gasteiger partial charge in [0.05, 0.1) is 4.99 Å². The van der Waals surface area contributed by atoms with E-state index in [4.69, 9.17) is 12.2 Å². The number of carbonyl (C=O) groups excluding carboxylic acids is 1. The van der Waals surface area contributed by atoms with Gasteiger partial charge in [0.1, 0.15) is 0 Å². The molecule has 1 heterocycles. The Hall–Kier alpha value is -1.42. The summed E-state index contributed by atoms with van der Waals surface area (Å²) in [6.45, 7) is 7.24. The summed E-state index contributed by atoms with van der Waals surface area (Å²) < 4.78 is 0. The smallest absolute Gasteiger partial charge is 0.152 e. The summed E-state index contributed by atoms with van der Waals surface area (Å²) in [5.74, 6) is 0. The number of rotatable bonds is 5. The van der Waals surface area contributed by atoms with E-state index in [-0.39, 0.29) is 5.41 Å². The van der Waals surface area contributed by atoms with E-state index < -0.39 is 0 Å². The summed E-state index contributed by atoms with van der Waals surface area (Å²) in [5.41, 5.74) is 1.46. The third-order valence-corrected chi connectivity index (χ3v) is 5.09. The van der Waals surface area contributed by atoms with E-state index in [1.165, 1.54) is 25.7 Å². The van der Waals surface area contributed by atoms with Gasteiger partial charge in [0, 0.05) is 36.3 Å². The number of benzene rings is 1. The maximum Gasteiger partial charge on any atom is 0.152 e. The van der Waals surface area contributed by atoms with Crippen molar-refractivity contribution in [2.75, 3.05) is 25.0 Å². The van der Waals surface area contributed by atoms with Gasteiger partial charge in [-0.15, -0.1) is 0 Å². The molecule has 22 heavy (non-hydrogen) atoms. The van der Waals surface area contributed by atoms with Crippen LogP contribution >= 0.6 is 12.2 Å². The van der Waals surface area contributed by atoms with E-state index in [1.54, 1.807) is 0 Å². The summed E-state index contributed by atoms with van der Waals surface area (Å²) in [6, 6.07) is 7.58. The average molecular weight is 318 g/mol. The van der Waals surface area contributed by atoms with Gasteiger partial charge in [0.15, 0.2) is 6.29 Å². The van der Waals surface area contributed by atoms with Crippen LogP contribution in [0, 0.1) is 5.41 Å². The van der Waals surface area contributed by atoms with Crippen LogP contribution in [0.15, 0.2) is 24.3 Å². The highest BCUT2D eigenvalue weighted by Crippen LogP contribution is 2.24. The molecule has 1 fully saturated rings. The molecule has 1 aromatic carbocycles. The second kappa shape index (κ2) is 7.73. The highest BCUT2D eigenvalue weighted by Gasteiger charge is 2.28. The largest absolute Gasteiger partial charge is 0.384 e. The number of likely N-dealkylation sites (tertiary alicyclic amines) is 1. The third kappa shape index (κ3) is 4.29. The Morgan fingerprint density at radius 1 is 1.23 bits per heavy atom. The van der Waals surface area contributed by atoms with Crippen LogP contribution in [0.4, 0.5) is 5.69 Å². The zero-order chi connectivity index (χ0) is 16.0. The van der Waals surface area contributed by atoms with E-state index in [1.807, 2.05) is 24.3 Å². The molecule has 1 aliphatic rings. The number of aldehydes is 1. The average Bonchev–Trinajstić information content (AvgIpc) is 2.81. The van der Waals surface area contributed by atoms with Gasteiger partial charge in [-0.25, -0.2) is 0 Å². The van der Waals surface area contributed by atoms with Crippen molar-refractivity contribution >= 4 is 29.2 Å². The Morgan fingerprint density at radius 3 is 2.50 bits per heavy atom. The summed E-state index contributed by atoms with van der Waals surface area (Å²) in [7, 11) is 0. The number of hydrogen-bond donors (Lipinski definition) is 1. The Kier molecular flexibility index (Phi) is 5.95. The van der Waals surface area contributed by atoms with Crippen molar-refractivity contribution in [3.63, 3.8) is 0 Å². The van der Waals surface area contributed by atoms with E-state index in [2.05, 4.69) is 24.1 Å². The Bertz CT molecular complexity index is 520. The van der Waals surface area contributed by atoms with Gasteiger partial charge in [0.2, 0.25) is 0 Å². The fourth-order valence-electron chi connectivity index (χ4n) is 2.85. The second-order valence-corrected chi connectivity index (χ2v) is 7.04. The number of nitrogens with zero attached hydrogens (tertiary/aromatic N) is 1. The lowest BCUT2D eigenvalue weighted by Gasteiger charge is -2.35. The van der Waals surface area contributed by atoms with Gasteiger partial charge in [-0.2, -0.15) is 0 Å². The minimum absolute atomic E-state index is 0.115. The highest BCUT2D eigenvalue weighted by molar-refractivity contribution is 7.80. The van der Waals surface area contributed by atoms with Crippen LogP contribution in [0.25, 0.3) is 0 Å². The monoisotopic (exact) mass is 318 g/mol. The summed E-state index contributed by atoms with van der Waals surface area (Å²) >= 11 is 5.76. The van der Waals surface area contributed by atoms with Gasteiger partial charge >= 0.3 is 0 Å². The molecule has 1 N–H and O–H groups in total. The summed E-state index contributed by atoms with van der Waals surface area (Å²) in [4.78, 5) is 14.5. The number of hydrogen-bond acceptors (Lipinski definition) is 3. The van der Waals surface area contributed by atoms with E-state index in [0.29, 0.717) is 5.56 Å². The van der Waals surface area contributed by atoms with Crippen molar-refractivity contribution in [1.29, 1.82) is 0 Å². The maximum absolute atomic E-state index is 11.1. The first-order valence-electron chi connectivity index (χ1n) is 8.12. The van der Waals surface area contributed by atoms with Crippen molar-refractivity contribution in [3.05, 3.63) is 29.8 Å². The van der Waals surface area contributed by atoms with Crippen molar-refractivity contribution in [3.8, 4) is 0 Å². The molecule has 4 heteroatoms. The first kappa shape index (κ1) is 16.9. The molecule has 1 aliphatic heterocycles. The molecule has 0 bridgehead atoms. The molecule has 0 saturated carbocycles. The molecule has 0 unspecified atom stereocenters. The van der Waals surface area contributed by atoms with Gasteiger partial charge in [-0.3, -0.25) is 4.79 Å². The minimum Gasteiger partial charge on any atom is -0.384 e. The zero-order valence-corrected chi connectivity index (χ0v) is 14.4. The lowest BCUT2D eigenvalue weighted by Crippen LogP contribution is -2.43. The van der Waals surface area contributed by atoms with Crippen LogP contribution < -0.4 is 5.32 Å². The third-order valence-electron chi connectivity index (χ3n) is 4.28. The predicted octanol–water partition coefficient (Wildman–Crippen LogP) is 4.14. The Morgan fingerprint density at radius 2 is 1.86 bits per heavy atom. The quantitative estimate of drug-likeness (QED) is 0.653. The first-order valence-corrected chi connectivity index (χ1v) is 8.53. The highest BCUT2D eigenvalue weighted by atomic mass is 32.1. The summed E-state index contributed by atoms with van der Waals surface area (Å²) in [6.07, 6.45) is 5.98. The molecule has 0 aliphatic carbocycles. The molecule has 0 atom stereocenters.